The summed E-state index contributed by atoms with van der Waals surface area (Å²) in [5, 5.41) is 1.46. The second kappa shape index (κ2) is 7.61. The molecule has 8 heteroatoms. The minimum Gasteiger partial charge on any atom is -0.468 e. The molecule has 0 aliphatic carbocycles. The van der Waals surface area contributed by atoms with E-state index in [4.69, 9.17) is 4.42 Å². The first kappa shape index (κ1) is 18.2. The van der Waals surface area contributed by atoms with Crippen LogP contribution in [-0.4, -0.2) is 44.3 Å². The Morgan fingerprint density at radius 1 is 1.17 bits per heavy atom. The zero-order valence-corrected chi connectivity index (χ0v) is 14.7. The summed E-state index contributed by atoms with van der Waals surface area (Å²) in [6, 6.07) is 9.84. The zero-order valence-electron chi connectivity index (χ0n) is 13.9. The van der Waals surface area contributed by atoms with Crippen molar-refractivity contribution in [3.63, 3.8) is 0 Å². The lowest BCUT2D eigenvalue weighted by atomic mass is 10.2. The third-order valence-electron chi connectivity index (χ3n) is 3.24. The Bertz CT molecular complexity index is 768. The van der Waals surface area contributed by atoms with Crippen molar-refractivity contribution in [2.24, 2.45) is 0 Å². The van der Waals surface area contributed by atoms with Crippen LogP contribution in [-0.2, 0) is 21.4 Å². The van der Waals surface area contributed by atoms with E-state index in [9.17, 15) is 13.2 Å². The van der Waals surface area contributed by atoms with Gasteiger partial charge >= 0.3 is 0 Å². The van der Waals surface area contributed by atoms with Crippen LogP contribution in [0.25, 0.3) is 0 Å². The van der Waals surface area contributed by atoms with Crippen molar-refractivity contribution >= 4 is 15.9 Å². The van der Waals surface area contributed by atoms with Gasteiger partial charge in [0.15, 0.2) is 0 Å². The number of nitrogens with zero attached hydrogens (tertiary/aromatic N) is 2. The third kappa shape index (κ3) is 4.67. The quantitative estimate of drug-likeness (QED) is 0.762. The zero-order chi connectivity index (χ0) is 17.7. The largest absolute Gasteiger partial charge is 0.468 e. The summed E-state index contributed by atoms with van der Waals surface area (Å²) in [6.45, 7) is 1.54. The molecule has 7 nitrogen and oxygen atoms in total. The van der Waals surface area contributed by atoms with Gasteiger partial charge in [0.1, 0.15) is 5.76 Å². The molecule has 0 saturated heterocycles. The number of hydrogen-bond donors (Lipinski definition) is 1. The number of carbonyl (C=O) groups is 1. The summed E-state index contributed by atoms with van der Waals surface area (Å²) in [6.07, 6.45) is 1.46. The van der Waals surface area contributed by atoms with E-state index in [0.717, 1.165) is 9.87 Å². The Morgan fingerprint density at radius 3 is 2.38 bits per heavy atom. The summed E-state index contributed by atoms with van der Waals surface area (Å²) < 4.78 is 32.1. The normalized spacial score (nSPS) is 11.9. The van der Waals surface area contributed by atoms with Crippen LogP contribution in [0.1, 0.15) is 11.3 Å². The number of benzene rings is 1. The van der Waals surface area contributed by atoms with Crippen LogP contribution in [0.2, 0.25) is 0 Å². The predicted octanol–water partition coefficient (Wildman–Crippen LogP) is 1.37. The van der Waals surface area contributed by atoms with Gasteiger partial charge in [-0.15, -0.1) is 0 Å². The number of rotatable bonds is 7. The van der Waals surface area contributed by atoms with Gasteiger partial charge in [-0.25, -0.2) is 13.4 Å². The van der Waals surface area contributed by atoms with Gasteiger partial charge in [0.05, 0.1) is 24.2 Å². The average molecular weight is 351 g/mol. The summed E-state index contributed by atoms with van der Waals surface area (Å²) in [5.74, 6) is 0.0329. The maximum Gasteiger partial charge on any atom is 0.249 e. The standard InChI is InChI=1S/C16H21N3O4S/c1-13-6-8-15(9-7-13)24(21,22)19(11-14-5-4-10-23-14)12-16(20)17-18(2)3/h4-10H,11-12H2,1-3H3,(H,17,20). The minimum absolute atomic E-state index is 0.0238. The van der Waals surface area contributed by atoms with Crippen LogP contribution in [0, 0.1) is 6.92 Å². The second-order valence-corrected chi connectivity index (χ2v) is 7.53. The number of furan rings is 1. The fourth-order valence-electron chi connectivity index (χ4n) is 2.11. The molecular weight excluding hydrogens is 330 g/mol. The van der Waals surface area contributed by atoms with Crippen molar-refractivity contribution in [1.29, 1.82) is 0 Å². The maximum atomic E-state index is 12.9. The first-order chi connectivity index (χ1) is 11.3. The highest BCUT2D eigenvalue weighted by molar-refractivity contribution is 7.89. The number of nitrogens with one attached hydrogen (secondary N) is 1. The van der Waals surface area contributed by atoms with Crippen LogP contribution in [0.3, 0.4) is 0 Å². The van der Waals surface area contributed by atoms with E-state index >= 15 is 0 Å². The van der Waals surface area contributed by atoms with Gasteiger partial charge in [-0.05, 0) is 31.2 Å². The molecule has 1 aromatic carbocycles. The first-order valence-electron chi connectivity index (χ1n) is 7.35. The molecule has 130 valence electrons. The minimum atomic E-state index is -3.83. The van der Waals surface area contributed by atoms with E-state index in [-0.39, 0.29) is 18.0 Å². The van der Waals surface area contributed by atoms with Crippen molar-refractivity contribution in [2.75, 3.05) is 20.6 Å². The molecule has 24 heavy (non-hydrogen) atoms. The number of hydrogen-bond acceptors (Lipinski definition) is 5. The van der Waals surface area contributed by atoms with Crippen LogP contribution < -0.4 is 5.43 Å². The summed E-state index contributed by atoms with van der Waals surface area (Å²) in [7, 11) is -0.519. The Balaban J connectivity index is 2.29. The monoisotopic (exact) mass is 351 g/mol. The summed E-state index contributed by atoms with van der Waals surface area (Å²) in [5.41, 5.74) is 3.50. The van der Waals surface area contributed by atoms with E-state index < -0.39 is 15.9 Å². The van der Waals surface area contributed by atoms with Crippen molar-refractivity contribution in [1.82, 2.24) is 14.7 Å². The molecule has 0 radical (unpaired) electrons. The third-order valence-corrected chi connectivity index (χ3v) is 5.05. The molecule has 1 amide bonds. The molecule has 0 saturated carbocycles. The molecule has 1 aromatic heterocycles. The van der Waals surface area contributed by atoms with Crippen LogP contribution in [0.4, 0.5) is 0 Å². The fraction of sp³-hybridized carbons (Fsp3) is 0.312. The summed E-state index contributed by atoms with van der Waals surface area (Å²) in [4.78, 5) is 12.2. The second-order valence-electron chi connectivity index (χ2n) is 5.59. The number of aryl methyl sites for hydroxylation is 1. The van der Waals surface area contributed by atoms with Crippen molar-refractivity contribution in [2.45, 2.75) is 18.4 Å². The maximum absolute atomic E-state index is 12.9. The number of hydrazine groups is 1. The topological polar surface area (TPSA) is 82.9 Å². The molecular formula is C16H21N3O4S. The van der Waals surface area contributed by atoms with Gasteiger partial charge in [-0.2, -0.15) is 4.31 Å². The molecule has 0 aliphatic rings. The molecule has 0 unspecified atom stereocenters. The van der Waals surface area contributed by atoms with E-state index in [1.165, 1.54) is 23.4 Å². The van der Waals surface area contributed by atoms with Crippen LogP contribution in [0.15, 0.2) is 52.0 Å². The highest BCUT2D eigenvalue weighted by Crippen LogP contribution is 2.19. The lowest BCUT2D eigenvalue weighted by molar-refractivity contribution is -0.125. The van der Waals surface area contributed by atoms with Gasteiger partial charge < -0.3 is 4.42 Å². The van der Waals surface area contributed by atoms with Crippen LogP contribution in [0.5, 0.6) is 0 Å². The number of carbonyl (C=O) groups excluding carboxylic acids is 1. The van der Waals surface area contributed by atoms with Gasteiger partial charge in [-0.3, -0.25) is 10.2 Å². The molecule has 0 aliphatic heterocycles. The van der Waals surface area contributed by atoms with Crippen molar-refractivity contribution < 1.29 is 17.6 Å². The molecule has 0 atom stereocenters. The average Bonchev–Trinajstić information content (AvgIpc) is 2.99. The Morgan fingerprint density at radius 2 is 1.83 bits per heavy atom. The van der Waals surface area contributed by atoms with Gasteiger partial charge in [0, 0.05) is 14.1 Å². The van der Waals surface area contributed by atoms with Crippen molar-refractivity contribution in [3.05, 3.63) is 54.0 Å². The highest BCUT2D eigenvalue weighted by atomic mass is 32.2. The highest BCUT2D eigenvalue weighted by Gasteiger charge is 2.27. The first-order valence-corrected chi connectivity index (χ1v) is 8.79. The molecule has 0 bridgehead atoms. The molecule has 2 rings (SSSR count). The molecule has 1 N–H and O–H groups in total. The summed E-state index contributed by atoms with van der Waals surface area (Å²) >= 11 is 0. The van der Waals surface area contributed by atoms with Crippen molar-refractivity contribution in [3.8, 4) is 0 Å². The molecule has 1 heterocycles. The lowest BCUT2D eigenvalue weighted by Crippen LogP contribution is -2.44. The van der Waals surface area contributed by atoms with E-state index in [0.29, 0.717) is 5.76 Å². The molecule has 0 spiro atoms. The van der Waals surface area contributed by atoms with E-state index in [1.807, 2.05) is 6.92 Å². The fourth-order valence-corrected chi connectivity index (χ4v) is 3.47. The molecule has 0 fully saturated rings. The van der Waals surface area contributed by atoms with Gasteiger partial charge in [0.2, 0.25) is 15.9 Å². The SMILES string of the molecule is Cc1ccc(S(=O)(=O)N(CC(=O)NN(C)C)Cc2ccco2)cc1. The van der Waals surface area contributed by atoms with Gasteiger partial charge in [-0.1, -0.05) is 17.7 Å². The van der Waals surface area contributed by atoms with E-state index in [2.05, 4.69) is 5.43 Å². The Hall–Kier alpha value is -2.16. The van der Waals surface area contributed by atoms with Gasteiger partial charge in [0.25, 0.3) is 0 Å². The smallest absolute Gasteiger partial charge is 0.249 e. The number of sulfonamides is 1. The molecule has 2 aromatic rings. The predicted molar refractivity (Wildman–Crippen MR) is 89.3 cm³/mol. The lowest BCUT2D eigenvalue weighted by Gasteiger charge is -2.22. The Kier molecular flexibility index (Phi) is 5.76. The Labute approximate surface area is 141 Å². The van der Waals surface area contributed by atoms with E-state index in [1.54, 1.807) is 38.4 Å². The van der Waals surface area contributed by atoms with Crippen LogP contribution >= 0.6 is 0 Å². The number of amides is 1.